The Morgan fingerprint density at radius 3 is 2.91 bits per heavy atom. The average Bonchev–Trinajstić information content (AvgIpc) is 2.46. The van der Waals surface area contributed by atoms with Gasteiger partial charge in [0.25, 0.3) is 0 Å². The second-order valence-electron chi connectivity index (χ2n) is 5.92. The van der Waals surface area contributed by atoms with Crippen LogP contribution in [0.2, 0.25) is 0 Å². The summed E-state index contributed by atoms with van der Waals surface area (Å²) in [5.41, 5.74) is -0.0345. The van der Waals surface area contributed by atoms with E-state index in [1.54, 1.807) is 7.11 Å². The first kappa shape index (κ1) is 14.8. The number of carboxylic acid groups (broad SMARTS) is 1. The Balaban J connectivity index is 2.07. The number of fused-ring (bicyclic) bond motifs is 4. The van der Waals surface area contributed by atoms with E-state index >= 15 is 0 Å². The molecule has 2 aliphatic heterocycles. The lowest BCUT2D eigenvalue weighted by atomic mass is 9.74. The summed E-state index contributed by atoms with van der Waals surface area (Å²) in [6.07, 6.45) is 0.469. The number of amides is 1. The molecule has 6 nitrogen and oxygen atoms in total. The summed E-state index contributed by atoms with van der Waals surface area (Å²) >= 11 is 0. The maximum absolute atomic E-state index is 12.7. The second kappa shape index (κ2) is 5.28. The van der Waals surface area contributed by atoms with Gasteiger partial charge in [0.1, 0.15) is 11.7 Å². The second-order valence-corrected chi connectivity index (χ2v) is 5.92. The molecule has 1 amide bonds. The zero-order valence-electron chi connectivity index (χ0n) is 12.6. The lowest BCUT2D eigenvalue weighted by molar-refractivity contribution is -0.181. The molecule has 2 aliphatic rings. The van der Waals surface area contributed by atoms with Gasteiger partial charge in [0.2, 0.25) is 5.91 Å². The molecule has 0 aliphatic carbocycles. The van der Waals surface area contributed by atoms with Crippen LogP contribution in [-0.4, -0.2) is 47.9 Å². The van der Waals surface area contributed by atoms with Crippen molar-refractivity contribution in [2.24, 2.45) is 5.92 Å². The van der Waals surface area contributed by atoms with E-state index in [1.807, 2.05) is 31.2 Å². The first-order valence-electron chi connectivity index (χ1n) is 7.29. The Kier molecular flexibility index (Phi) is 3.56. The van der Waals surface area contributed by atoms with Crippen LogP contribution in [0.3, 0.4) is 0 Å². The van der Waals surface area contributed by atoms with E-state index in [-0.39, 0.29) is 5.92 Å². The number of methoxy groups -OCH3 is 1. The van der Waals surface area contributed by atoms with Crippen LogP contribution in [0.5, 0.6) is 5.75 Å². The third kappa shape index (κ3) is 2.14. The summed E-state index contributed by atoms with van der Waals surface area (Å²) in [4.78, 5) is 25.9. The molecule has 6 heteroatoms. The first-order chi connectivity index (χ1) is 10.5. The Morgan fingerprint density at radius 1 is 1.50 bits per heavy atom. The van der Waals surface area contributed by atoms with E-state index in [9.17, 15) is 14.7 Å². The van der Waals surface area contributed by atoms with Crippen LogP contribution in [0.1, 0.15) is 24.8 Å². The zero-order valence-corrected chi connectivity index (χ0v) is 12.6. The number of carbonyl (C=O) groups is 2. The van der Waals surface area contributed by atoms with Crippen molar-refractivity contribution in [2.75, 3.05) is 20.3 Å². The minimum absolute atomic E-state index is 0.310. The van der Waals surface area contributed by atoms with Gasteiger partial charge in [-0.05, 0) is 18.6 Å². The molecule has 118 valence electrons. The van der Waals surface area contributed by atoms with Gasteiger partial charge < -0.3 is 19.5 Å². The fourth-order valence-electron chi connectivity index (χ4n) is 3.52. The van der Waals surface area contributed by atoms with Crippen molar-refractivity contribution < 1.29 is 24.2 Å². The molecule has 1 N–H and O–H groups in total. The van der Waals surface area contributed by atoms with Gasteiger partial charge in [0, 0.05) is 26.0 Å². The number of carbonyl (C=O) groups excluding carboxylic acids is 1. The highest BCUT2D eigenvalue weighted by Crippen LogP contribution is 2.49. The Hall–Kier alpha value is -2.08. The summed E-state index contributed by atoms with van der Waals surface area (Å²) < 4.78 is 11.1. The van der Waals surface area contributed by atoms with Crippen LogP contribution in [0.15, 0.2) is 24.3 Å². The number of piperidine rings is 1. The van der Waals surface area contributed by atoms with Crippen LogP contribution in [0.25, 0.3) is 0 Å². The van der Waals surface area contributed by atoms with Gasteiger partial charge in [-0.25, -0.2) is 0 Å². The first-order valence-corrected chi connectivity index (χ1v) is 7.29. The van der Waals surface area contributed by atoms with E-state index in [0.717, 1.165) is 5.56 Å². The predicted molar refractivity (Wildman–Crippen MR) is 77.5 cm³/mol. The third-order valence-electron chi connectivity index (χ3n) is 4.54. The molecule has 1 saturated heterocycles. The van der Waals surface area contributed by atoms with E-state index in [0.29, 0.717) is 25.3 Å². The molecular weight excluding hydrogens is 286 g/mol. The van der Waals surface area contributed by atoms with Crippen molar-refractivity contribution in [1.29, 1.82) is 0 Å². The Labute approximate surface area is 128 Å². The van der Waals surface area contributed by atoms with Gasteiger partial charge in [0.15, 0.2) is 5.72 Å². The molecule has 0 saturated carbocycles. The fourth-order valence-corrected chi connectivity index (χ4v) is 3.52. The number of rotatable bonds is 4. The molecule has 3 rings (SSSR count). The van der Waals surface area contributed by atoms with Gasteiger partial charge in [-0.3, -0.25) is 9.59 Å². The SMILES string of the molecule is COCCN1C(=O)[C@H](C(=O)O)[C@H]2C[C@@]1(C)Oc1ccccc12. The third-order valence-corrected chi connectivity index (χ3v) is 4.54. The number of hydrogen-bond acceptors (Lipinski definition) is 4. The van der Waals surface area contributed by atoms with Crippen LogP contribution in [0, 0.1) is 5.92 Å². The van der Waals surface area contributed by atoms with Crippen molar-refractivity contribution in [3.63, 3.8) is 0 Å². The van der Waals surface area contributed by atoms with E-state index in [4.69, 9.17) is 9.47 Å². The molecule has 1 aromatic rings. The Bertz CT molecular complexity index is 616. The number of ether oxygens (including phenoxy) is 2. The monoisotopic (exact) mass is 305 g/mol. The highest BCUT2D eigenvalue weighted by molar-refractivity contribution is 5.99. The highest BCUT2D eigenvalue weighted by Gasteiger charge is 2.56. The summed E-state index contributed by atoms with van der Waals surface area (Å²) in [7, 11) is 1.55. The number of aliphatic carboxylic acids is 1. The summed E-state index contributed by atoms with van der Waals surface area (Å²) in [5.74, 6) is -2.27. The number of nitrogens with zero attached hydrogens (tertiary/aromatic N) is 1. The van der Waals surface area contributed by atoms with Crippen LogP contribution >= 0.6 is 0 Å². The Morgan fingerprint density at radius 2 is 2.23 bits per heavy atom. The number of benzene rings is 1. The van der Waals surface area contributed by atoms with E-state index in [2.05, 4.69) is 0 Å². The normalized spacial score (nSPS) is 29.7. The lowest BCUT2D eigenvalue weighted by Gasteiger charge is -2.52. The average molecular weight is 305 g/mol. The van der Waals surface area contributed by atoms with Crippen molar-refractivity contribution in [3.8, 4) is 5.75 Å². The van der Waals surface area contributed by atoms with Gasteiger partial charge in [-0.15, -0.1) is 0 Å². The van der Waals surface area contributed by atoms with Gasteiger partial charge in [-0.2, -0.15) is 0 Å². The van der Waals surface area contributed by atoms with Crippen molar-refractivity contribution in [3.05, 3.63) is 29.8 Å². The number of para-hydroxylation sites is 1. The maximum atomic E-state index is 12.7. The van der Waals surface area contributed by atoms with E-state index in [1.165, 1.54) is 4.90 Å². The minimum atomic E-state index is -1.09. The summed E-state index contributed by atoms with van der Waals surface area (Å²) in [6, 6.07) is 7.35. The fraction of sp³-hybridized carbons (Fsp3) is 0.500. The minimum Gasteiger partial charge on any atom is -0.481 e. The molecule has 0 aromatic heterocycles. The molecule has 2 bridgehead atoms. The molecule has 0 unspecified atom stereocenters. The molecule has 0 spiro atoms. The largest absolute Gasteiger partial charge is 0.481 e. The predicted octanol–water partition coefficient (Wildman–Crippen LogP) is 1.46. The quantitative estimate of drug-likeness (QED) is 0.852. The molecule has 2 heterocycles. The molecule has 0 radical (unpaired) electrons. The number of carboxylic acids is 1. The van der Waals surface area contributed by atoms with Gasteiger partial charge in [-0.1, -0.05) is 18.2 Å². The van der Waals surface area contributed by atoms with Crippen LogP contribution in [-0.2, 0) is 14.3 Å². The molecule has 3 atom stereocenters. The topological polar surface area (TPSA) is 76.1 Å². The molecule has 1 aromatic carbocycles. The molecule has 22 heavy (non-hydrogen) atoms. The van der Waals surface area contributed by atoms with Gasteiger partial charge >= 0.3 is 5.97 Å². The smallest absolute Gasteiger partial charge is 0.316 e. The maximum Gasteiger partial charge on any atom is 0.316 e. The summed E-state index contributed by atoms with van der Waals surface area (Å²) in [6.45, 7) is 2.48. The van der Waals surface area contributed by atoms with Crippen molar-refractivity contribution in [1.82, 2.24) is 4.90 Å². The van der Waals surface area contributed by atoms with Crippen molar-refractivity contribution >= 4 is 11.9 Å². The molecular formula is C16H19NO5. The molecule has 1 fully saturated rings. The number of hydrogen-bond donors (Lipinski definition) is 1. The lowest BCUT2D eigenvalue weighted by Crippen LogP contribution is -2.64. The highest BCUT2D eigenvalue weighted by atomic mass is 16.5. The van der Waals surface area contributed by atoms with Crippen LogP contribution < -0.4 is 4.74 Å². The van der Waals surface area contributed by atoms with Crippen LogP contribution in [0.4, 0.5) is 0 Å². The zero-order chi connectivity index (χ0) is 15.9. The van der Waals surface area contributed by atoms with E-state index < -0.39 is 23.5 Å². The summed E-state index contributed by atoms with van der Waals surface area (Å²) in [5, 5.41) is 9.55. The standard InChI is InChI=1S/C16H19NO5/c1-16-9-11(10-5-3-4-6-12(10)22-16)13(15(19)20)14(18)17(16)7-8-21-2/h3-6,11,13H,7-9H2,1-2H3,(H,19,20)/t11-,13+,16+/m0/s1. The number of likely N-dealkylation sites (tertiary alicyclic amines) is 1. The van der Waals surface area contributed by atoms with Crippen molar-refractivity contribution in [2.45, 2.75) is 25.0 Å². The van der Waals surface area contributed by atoms with Gasteiger partial charge in [0.05, 0.1) is 6.61 Å².